The Bertz CT molecular complexity index is 609. The molecule has 2 aliphatic rings. The molecule has 0 aliphatic heterocycles. The van der Waals surface area contributed by atoms with Crippen LogP contribution in [0.2, 0.25) is 0 Å². The highest BCUT2D eigenvalue weighted by atomic mass is 16.3. The quantitative estimate of drug-likeness (QED) is 0.369. The van der Waals surface area contributed by atoms with Crippen LogP contribution in [-0.4, -0.2) is 46.8 Å². The molecule has 0 aromatic rings. The normalized spacial score (nSPS) is 28.2. The first-order chi connectivity index (χ1) is 13.8. The number of carbonyl (C=O) groups is 1. The number of aliphatic hydroxyl groups is 2. The molecule has 0 aromatic heterocycles. The molecule has 0 aromatic carbocycles. The van der Waals surface area contributed by atoms with Crippen LogP contribution in [0, 0.1) is 17.8 Å². The summed E-state index contributed by atoms with van der Waals surface area (Å²) in [4.78, 5) is 13.3. The van der Waals surface area contributed by atoms with E-state index in [9.17, 15) is 15.0 Å². The molecule has 0 saturated heterocycles. The van der Waals surface area contributed by atoms with E-state index in [2.05, 4.69) is 31.7 Å². The van der Waals surface area contributed by atoms with Crippen molar-refractivity contribution in [1.82, 2.24) is 4.90 Å². The first-order valence-electron chi connectivity index (χ1n) is 11.4. The maximum absolute atomic E-state index is 11.7. The van der Waals surface area contributed by atoms with Crippen molar-refractivity contribution in [3.63, 3.8) is 0 Å². The number of fused-ring (bicyclic) bond motifs is 1. The zero-order valence-electron chi connectivity index (χ0n) is 18.6. The first kappa shape index (κ1) is 23.9. The van der Waals surface area contributed by atoms with Gasteiger partial charge in [-0.3, -0.25) is 4.79 Å². The average Bonchev–Trinajstić information content (AvgIpc) is 3.20. The van der Waals surface area contributed by atoms with Gasteiger partial charge in [-0.15, -0.1) is 6.58 Å². The number of hydrogen-bond acceptors (Lipinski definition) is 3. The molecule has 0 spiro atoms. The number of amides is 1. The van der Waals surface area contributed by atoms with Gasteiger partial charge in [0.25, 0.3) is 0 Å². The Morgan fingerprint density at radius 3 is 2.76 bits per heavy atom. The predicted octanol–water partition coefficient (Wildman–Crippen LogP) is 4.63. The SMILES string of the molecule is C=C[C@@](O)(C/C=C/[C@@H]1[C@H]2CC(CCCCC(=O)N(C)C)=C[C@H]2C[C@H]1O)CCCC. The summed E-state index contributed by atoms with van der Waals surface area (Å²) < 4.78 is 0. The summed E-state index contributed by atoms with van der Waals surface area (Å²) in [6.07, 6.45) is 16.9. The van der Waals surface area contributed by atoms with Crippen molar-refractivity contribution in [3.8, 4) is 0 Å². The fourth-order valence-corrected chi connectivity index (χ4v) is 4.84. The Hall–Kier alpha value is -1.39. The van der Waals surface area contributed by atoms with Crippen LogP contribution in [0.1, 0.15) is 71.1 Å². The second kappa shape index (κ2) is 11.1. The lowest BCUT2D eigenvalue weighted by molar-refractivity contribution is -0.128. The van der Waals surface area contributed by atoms with Crippen molar-refractivity contribution in [1.29, 1.82) is 0 Å². The van der Waals surface area contributed by atoms with Gasteiger partial charge in [0.2, 0.25) is 5.91 Å². The molecule has 0 bridgehead atoms. The van der Waals surface area contributed by atoms with Gasteiger partial charge in [0.05, 0.1) is 11.7 Å². The van der Waals surface area contributed by atoms with Crippen LogP contribution >= 0.6 is 0 Å². The van der Waals surface area contributed by atoms with E-state index in [1.165, 1.54) is 5.57 Å². The summed E-state index contributed by atoms with van der Waals surface area (Å²) in [5.41, 5.74) is 0.659. The van der Waals surface area contributed by atoms with Gasteiger partial charge in [0.1, 0.15) is 0 Å². The van der Waals surface area contributed by atoms with Gasteiger partial charge in [-0.1, -0.05) is 49.6 Å². The van der Waals surface area contributed by atoms with Gasteiger partial charge in [0.15, 0.2) is 0 Å². The van der Waals surface area contributed by atoms with E-state index in [4.69, 9.17) is 0 Å². The Labute approximate surface area is 177 Å². The number of nitrogens with zero attached hydrogens (tertiary/aromatic N) is 1. The number of aliphatic hydroxyl groups excluding tert-OH is 1. The van der Waals surface area contributed by atoms with Crippen molar-refractivity contribution < 1.29 is 15.0 Å². The summed E-state index contributed by atoms with van der Waals surface area (Å²) in [6, 6.07) is 0. The van der Waals surface area contributed by atoms with Crippen molar-refractivity contribution in [2.24, 2.45) is 17.8 Å². The van der Waals surface area contributed by atoms with Gasteiger partial charge < -0.3 is 15.1 Å². The molecule has 5 atom stereocenters. The molecule has 2 rings (SSSR count). The summed E-state index contributed by atoms with van der Waals surface area (Å²) >= 11 is 0. The molecule has 1 saturated carbocycles. The van der Waals surface area contributed by atoms with Gasteiger partial charge in [0, 0.05) is 26.4 Å². The van der Waals surface area contributed by atoms with E-state index in [-0.39, 0.29) is 17.9 Å². The monoisotopic (exact) mass is 403 g/mol. The lowest BCUT2D eigenvalue weighted by Crippen LogP contribution is -2.24. The van der Waals surface area contributed by atoms with Gasteiger partial charge >= 0.3 is 0 Å². The molecular weight excluding hydrogens is 362 g/mol. The molecule has 164 valence electrons. The average molecular weight is 404 g/mol. The summed E-state index contributed by atoms with van der Waals surface area (Å²) in [7, 11) is 3.61. The van der Waals surface area contributed by atoms with Gasteiger partial charge in [-0.05, 0) is 56.8 Å². The van der Waals surface area contributed by atoms with Crippen molar-refractivity contribution in [3.05, 3.63) is 36.5 Å². The summed E-state index contributed by atoms with van der Waals surface area (Å²) in [6.45, 7) is 5.93. The van der Waals surface area contributed by atoms with Crippen LogP contribution in [0.25, 0.3) is 0 Å². The second-order valence-corrected chi connectivity index (χ2v) is 9.28. The van der Waals surface area contributed by atoms with Crippen LogP contribution in [0.5, 0.6) is 0 Å². The summed E-state index contributed by atoms with van der Waals surface area (Å²) in [5.74, 6) is 1.32. The van der Waals surface area contributed by atoms with Crippen LogP contribution in [0.3, 0.4) is 0 Å². The highest BCUT2D eigenvalue weighted by Crippen LogP contribution is 2.48. The smallest absolute Gasteiger partial charge is 0.222 e. The van der Waals surface area contributed by atoms with Crippen LogP contribution in [0.15, 0.2) is 36.5 Å². The van der Waals surface area contributed by atoms with Gasteiger partial charge in [-0.25, -0.2) is 0 Å². The molecule has 0 radical (unpaired) electrons. The molecular formula is C25H41NO3. The predicted molar refractivity (Wildman–Crippen MR) is 119 cm³/mol. The Balaban J connectivity index is 1.82. The number of carbonyl (C=O) groups excluding carboxylic acids is 1. The molecule has 1 amide bonds. The lowest BCUT2D eigenvalue weighted by Gasteiger charge is -2.23. The van der Waals surface area contributed by atoms with Crippen molar-refractivity contribution in [2.75, 3.05) is 14.1 Å². The van der Waals surface area contributed by atoms with E-state index >= 15 is 0 Å². The van der Waals surface area contributed by atoms with E-state index in [1.807, 2.05) is 14.1 Å². The zero-order chi connectivity index (χ0) is 21.4. The maximum Gasteiger partial charge on any atom is 0.222 e. The lowest BCUT2D eigenvalue weighted by atomic mass is 9.87. The molecule has 0 heterocycles. The third kappa shape index (κ3) is 6.82. The van der Waals surface area contributed by atoms with E-state index < -0.39 is 5.60 Å². The number of unbranched alkanes of at least 4 members (excludes halogenated alkanes) is 2. The maximum atomic E-state index is 11.7. The Morgan fingerprint density at radius 2 is 2.10 bits per heavy atom. The first-order valence-corrected chi connectivity index (χ1v) is 11.4. The largest absolute Gasteiger partial charge is 0.392 e. The Morgan fingerprint density at radius 1 is 1.34 bits per heavy atom. The fourth-order valence-electron chi connectivity index (χ4n) is 4.84. The second-order valence-electron chi connectivity index (χ2n) is 9.28. The minimum Gasteiger partial charge on any atom is -0.392 e. The van der Waals surface area contributed by atoms with Crippen molar-refractivity contribution in [2.45, 2.75) is 82.8 Å². The molecule has 2 N–H and O–H groups in total. The number of hydrogen-bond donors (Lipinski definition) is 2. The molecule has 4 nitrogen and oxygen atoms in total. The fraction of sp³-hybridized carbons (Fsp3) is 0.720. The van der Waals surface area contributed by atoms with Gasteiger partial charge in [-0.2, -0.15) is 0 Å². The van der Waals surface area contributed by atoms with E-state index in [1.54, 1.807) is 11.0 Å². The molecule has 29 heavy (non-hydrogen) atoms. The third-order valence-electron chi connectivity index (χ3n) is 6.76. The zero-order valence-corrected chi connectivity index (χ0v) is 18.6. The Kier molecular flexibility index (Phi) is 9.16. The third-order valence-corrected chi connectivity index (χ3v) is 6.76. The summed E-state index contributed by atoms with van der Waals surface area (Å²) in [5, 5.41) is 21.2. The van der Waals surface area contributed by atoms with Crippen LogP contribution in [-0.2, 0) is 4.79 Å². The molecule has 1 fully saturated rings. The van der Waals surface area contributed by atoms with Crippen LogP contribution in [0.4, 0.5) is 0 Å². The van der Waals surface area contributed by atoms with Crippen molar-refractivity contribution >= 4 is 5.91 Å². The molecule has 0 unspecified atom stereocenters. The standard InChI is InChI=1S/C25H41NO3/c1-5-7-14-25(29,6-2)15-10-12-21-22-17-19(16-20(22)18-23(21)27)11-8-9-13-24(28)26(3)4/h6,10,12,16,20-23,27,29H,2,5,7-9,11,13-15,17-18H2,1,3-4H3/b12-10+/t20-,21+,22-,23+,25-/m0/s1. The topological polar surface area (TPSA) is 60.8 Å². The molecule has 2 aliphatic carbocycles. The number of allylic oxidation sites excluding steroid dienone is 2. The number of rotatable bonds is 12. The van der Waals surface area contributed by atoms with E-state index in [0.717, 1.165) is 51.4 Å². The minimum absolute atomic E-state index is 0.171. The van der Waals surface area contributed by atoms with Crippen LogP contribution < -0.4 is 0 Å². The highest BCUT2D eigenvalue weighted by molar-refractivity contribution is 5.75. The minimum atomic E-state index is -0.835. The molecule has 4 heteroatoms. The van der Waals surface area contributed by atoms with E-state index in [0.29, 0.717) is 24.7 Å². The highest BCUT2D eigenvalue weighted by Gasteiger charge is 2.43.